The van der Waals surface area contributed by atoms with E-state index in [4.69, 9.17) is 5.73 Å². The number of nitrogen functional groups attached to an aromatic ring is 1. The van der Waals surface area contributed by atoms with Gasteiger partial charge in [-0.05, 0) is 69.9 Å². The number of nitrogens with two attached hydrogens (primary N) is 1. The molecule has 1 saturated carbocycles. The Labute approximate surface area is 132 Å². The second-order valence-corrected chi connectivity index (χ2v) is 6.91. The van der Waals surface area contributed by atoms with Crippen LogP contribution in [0.15, 0.2) is 46.9 Å². The number of Topliss-reactive ketones (excluding diaryl/α,β-unsaturated/α-hetero) is 1. The van der Waals surface area contributed by atoms with Gasteiger partial charge in [-0.1, -0.05) is 24.3 Å². The molecule has 1 fully saturated rings. The molecule has 21 heavy (non-hydrogen) atoms. The largest absolute Gasteiger partial charge is 0.398 e. The van der Waals surface area contributed by atoms with Gasteiger partial charge in [0.15, 0.2) is 5.78 Å². The Kier molecular flexibility index (Phi) is 2.93. The number of hydrogen-bond donors (Lipinski definition) is 1. The first-order valence-corrected chi connectivity index (χ1v) is 8.13. The molecule has 2 nitrogen and oxygen atoms in total. The van der Waals surface area contributed by atoms with Gasteiger partial charge in [0.2, 0.25) is 0 Å². The molecular formula is C18H16BrNO. The molecular weight excluding hydrogens is 326 g/mol. The second-order valence-electron chi connectivity index (χ2n) is 6.05. The van der Waals surface area contributed by atoms with Crippen molar-refractivity contribution in [2.45, 2.75) is 18.8 Å². The molecule has 106 valence electrons. The summed E-state index contributed by atoms with van der Waals surface area (Å²) in [6.45, 7) is 0. The van der Waals surface area contributed by atoms with Crippen LogP contribution in [0.25, 0.3) is 0 Å². The van der Waals surface area contributed by atoms with Crippen molar-refractivity contribution >= 4 is 27.4 Å². The van der Waals surface area contributed by atoms with E-state index >= 15 is 0 Å². The lowest BCUT2D eigenvalue weighted by Gasteiger charge is -2.13. The summed E-state index contributed by atoms with van der Waals surface area (Å²) < 4.78 is 0.803. The van der Waals surface area contributed by atoms with E-state index in [0.29, 0.717) is 17.5 Å². The van der Waals surface area contributed by atoms with Crippen LogP contribution in [0.2, 0.25) is 0 Å². The van der Waals surface area contributed by atoms with E-state index in [2.05, 4.69) is 40.2 Å². The molecule has 0 saturated heterocycles. The molecule has 2 aromatic rings. The molecule has 0 aliphatic heterocycles. The highest BCUT2D eigenvalue weighted by Gasteiger charge is 2.56. The number of ketones is 1. The lowest BCUT2D eigenvalue weighted by molar-refractivity contribution is 0.0959. The third-order valence-electron chi connectivity index (χ3n) is 4.92. The van der Waals surface area contributed by atoms with Gasteiger partial charge in [0.1, 0.15) is 0 Å². The van der Waals surface area contributed by atoms with Crippen LogP contribution in [0.1, 0.15) is 33.8 Å². The lowest BCUT2D eigenvalue weighted by Crippen LogP contribution is -2.04. The summed E-state index contributed by atoms with van der Waals surface area (Å²) in [5, 5.41) is 0. The van der Waals surface area contributed by atoms with Crippen molar-refractivity contribution in [2.24, 2.45) is 11.8 Å². The summed E-state index contributed by atoms with van der Waals surface area (Å²) in [6.07, 6.45) is 2.24. The number of halogens is 1. The van der Waals surface area contributed by atoms with Crippen LogP contribution in [-0.2, 0) is 6.42 Å². The van der Waals surface area contributed by atoms with Crippen LogP contribution in [0, 0.1) is 11.8 Å². The van der Waals surface area contributed by atoms with Crippen LogP contribution >= 0.6 is 15.9 Å². The molecule has 0 heterocycles. The maximum absolute atomic E-state index is 12.8. The van der Waals surface area contributed by atoms with Crippen molar-refractivity contribution in [1.29, 1.82) is 0 Å². The summed E-state index contributed by atoms with van der Waals surface area (Å²) >= 11 is 3.41. The molecule has 0 amide bonds. The fourth-order valence-electron chi connectivity index (χ4n) is 3.80. The summed E-state index contributed by atoms with van der Waals surface area (Å²) in [5.41, 5.74) is 10.1. The highest BCUT2D eigenvalue weighted by atomic mass is 79.9. The molecule has 3 heteroatoms. The Hall–Kier alpha value is -1.61. The Bertz CT molecular complexity index is 740. The predicted molar refractivity (Wildman–Crippen MR) is 87.4 cm³/mol. The van der Waals surface area contributed by atoms with Gasteiger partial charge in [0, 0.05) is 21.6 Å². The quantitative estimate of drug-likeness (QED) is 0.657. The molecule has 3 atom stereocenters. The Morgan fingerprint density at radius 2 is 2.00 bits per heavy atom. The van der Waals surface area contributed by atoms with Crippen molar-refractivity contribution in [3.05, 3.63) is 63.6 Å². The van der Waals surface area contributed by atoms with E-state index < -0.39 is 0 Å². The predicted octanol–water partition coefficient (Wildman–Crippen LogP) is 4.19. The van der Waals surface area contributed by atoms with Crippen LogP contribution in [-0.4, -0.2) is 5.78 Å². The Balaban J connectivity index is 1.65. The molecule has 2 aromatic carbocycles. The first-order valence-electron chi connectivity index (χ1n) is 7.34. The Morgan fingerprint density at radius 3 is 2.81 bits per heavy atom. The number of fused-ring (bicyclic) bond motifs is 3. The van der Waals surface area contributed by atoms with Crippen molar-refractivity contribution in [3.63, 3.8) is 0 Å². The molecule has 4 rings (SSSR count). The summed E-state index contributed by atoms with van der Waals surface area (Å²) in [7, 11) is 0. The zero-order valence-electron chi connectivity index (χ0n) is 11.6. The van der Waals surface area contributed by atoms with E-state index in [9.17, 15) is 4.79 Å². The third kappa shape index (κ3) is 2.03. The van der Waals surface area contributed by atoms with Gasteiger partial charge in [-0.3, -0.25) is 4.79 Å². The molecule has 0 bridgehead atoms. The minimum atomic E-state index is 0.157. The Morgan fingerprint density at radius 1 is 1.19 bits per heavy atom. The monoisotopic (exact) mass is 341 g/mol. The molecule has 0 radical (unpaired) electrons. The van der Waals surface area contributed by atoms with Crippen LogP contribution < -0.4 is 5.73 Å². The molecule has 3 unspecified atom stereocenters. The number of hydrogen-bond acceptors (Lipinski definition) is 2. The minimum absolute atomic E-state index is 0.157. The second kappa shape index (κ2) is 4.70. The van der Waals surface area contributed by atoms with Gasteiger partial charge in [-0.15, -0.1) is 0 Å². The van der Waals surface area contributed by atoms with Crippen molar-refractivity contribution < 1.29 is 4.79 Å². The summed E-state index contributed by atoms with van der Waals surface area (Å²) in [5.74, 6) is 1.38. The average molecular weight is 342 g/mol. The lowest BCUT2D eigenvalue weighted by atomic mass is 9.92. The first kappa shape index (κ1) is 13.1. The SMILES string of the molecule is Nc1ccc(C(=O)C2C3CCc4ccccc4C32)cc1Br. The first-order chi connectivity index (χ1) is 10.2. The molecule has 2 aliphatic rings. The van der Waals surface area contributed by atoms with E-state index in [1.54, 1.807) is 6.07 Å². The van der Waals surface area contributed by atoms with Gasteiger partial charge in [0.05, 0.1) is 0 Å². The average Bonchev–Trinajstić information content (AvgIpc) is 3.24. The number of carbonyl (C=O) groups excluding carboxylic acids is 1. The highest BCUT2D eigenvalue weighted by molar-refractivity contribution is 9.10. The van der Waals surface area contributed by atoms with E-state index in [0.717, 1.165) is 22.9 Å². The third-order valence-corrected chi connectivity index (χ3v) is 5.60. The van der Waals surface area contributed by atoms with Gasteiger partial charge in [-0.25, -0.2) is 0 Å². The standard InChI is InChI=1S/C18H16BrNO/c19-14-9-11(6-8-15(14)20)18(21)17-13-7-5-10-3-1-2-4-12(10)16(13)17/h1-4,6,8-9,13,16-17H,5,7,20H2. The molecule has 2 N–H and O–H groups in total. The number of anilines is 1. The number of rotatable bonds is 2. The zero-order valence-corrected chi connectivity index (χ0v) is 13.1. The number of aryl methyl sites for hydroxylation is 1. The van der Waals surface area contributed by atoms with E-state index in [1.807, 2.05) is 12.1 Å². The minimum Gasteiger partial charge on any atom is -0.398 e. The topological polar surface area (TPSA) is 43.1 Å². The zero-order chi connectivity index (χ0) is 14.6. The molecule has 2 aliphatic carbocycles. The fraction of sp³-hybridized carbons (Fsp3) is 0.278. The van der Waals surface area contributed by atoms with E-state index in [-0.39, 0.29) is 11.7 Å². The van der Waals surface area contributed by atoms with Crippen LogP contribution in [0.4, 0.5) is 5.69 Å². The smallest absolute Gasteiger partial charge is 0.166 e. The van der Waals surface area contributed by atoms with Gasteiger partial charge in [0.25, 0.3) is 0 Å². The summed E-state index contributed by atoms with van der Waals surface area (Å²) in [6, 6.07) is 14.1. The van der Waals surface area contributed by atoms with E-state index in [1.165, 1.54) is 11.1 Å². The van der Waals surface area contributed by atoms with Gasteiger partial charge >= 0.3 is 0 Å². The van der Waals surface area contributed by atoms with Gasteiger partial charge < -0.3 is 5.73 Å². The number of carbonyl (C=O) groups is 1. The molecule has 0 spiro atoms. The van der Waals surface area contributed by atoms with Crippen LogP contribution in [0.5, 0.6) is 0 Å². The maximum atomic E-state index is 12.8. The molecule has 0 aromatic heterocycles. The van der Waals surface area contributed by atoms with Gasteiger partial charge in [-0.2, -0.15) is 0 Å². The van der Waals surface area contributed by atoms with Crippen molar-refractivity contribution in [3.8, 4) is 0 Å². The maximum Gasteiger partial charge on any atom is 0.166 e. The van der Waals surface area contributed by atoms with Crippen LogP contribution in [0.3, 0.4) is 0 Å². The summed E-state index contributed by atoms with van der Waals surface area (Å²) in [4.78, 5) is 12.8. The van der Waals surface area contributed by atoms with Crippen molar-refractivity contribution in [2.75, 3.05) is 5.73 Å². The fourth-order valence-corrected chi connectivity index (χ4v) is 4.18. The highest BCUT2D eigenvalue weighted by Crippen LogP contribution is 2.60. The normalized spacial score (nSPS) is 25.9. The van der Waals surface area contributed by atoms with Crippen molar-refractivity contribution in [1.82, 2.24) is 0 Å². The number of benzene rings is 2.